The summed E-state index contributed by atoms with van der Waals surface area (Å²) in [5.74, 6) is 0.779. The second-order valence-corrected chi connectivity index (χ2v) is 4.59. The van der Waals surface area contributed by atoms with E-state index in [0.29, 0.717) is 12.2 Å². The highest BCUT2D eigenvalue weighted by atomic mass is 16.1. The summed E-state index contributed by atoms with van der Waals surface area (Å²) in [6.07, 6.45) is 4.69. The largest absolute Gasteiger partial charge is 0.351 e. The number of aromatic nitrogens is 3. The van der Waals surface area contributed by atoms with Gasteiger partial charge in [0.25, 0.3) is 5.91 Å². The summed E-state index contributed by atoms with van der Waals surface area (Å²) in [5, 5.41) is 7.16. The maximum absolute atomic E-state index is 11.9. The normalized spacial score (nSPS) is 10.8. The lowest BCUT2D eigenvalue weighted by Gasteiger charge is -2.02. The minimum atomic E-state index is -0.133. The molecule has 0 radical (unpaired) electrons. The monoisotopic (exact) mass is 268 g/mol. The summed E-state index contributed by atoms with van der Waals surface area (Å²) >= 11 is 0. The maximum atomic E-state index is 11.9. The molecule has 20 heavy (non-hydrogen) atoms. The van der Waals surface area contributed by atoms with Crippen molar-refractivity contribution in [3.63, 3.8) is 0 Å². The second kappa shape index (κ2) is 5.21. The van der Waals surface area contributed by atoms with E-state index in [1.165, 1.54) is 0 Å². The lowest BCUT2D eigenvalue weighted by atomic mass is 10.4. The molecule has 0 saturated heterocycles. The van der Waals surface area contributed by atoms with E-state index in [1.54, 1.807) is 16.9 Å². The fraction of sp³-hybridized carbons (Fsp3) is 0.200. The molecule has 0 aromatic carbocycles. The molecule has 5 heteroatoms. The summed E-state index contributed by atoms with van der Waals surface area (Å²) in [4.78, 5) is 11.9. The van der Waals surface area contributed by atoms with Crippen LogP contribution in [-0.4, -0.2) is 26.6 Å². The molecule has 0 fully saturated rings. The number of fused-ring (bicyclic) bond motifs is 1. The van der Waals surface area contributed by atoms with Gasteiger partial charge in [0.15, 0.2) is 5.69 Å². The van der Waals surface area contributed by atoms with Crippen molar-refractivity contribution in [1.29, 1.82) is 0 Å². The van der Waals surface area contributed by atoms with Gasteiger partial charge in [-0.05, 0) is 36.8 Å². The number of pyridine rings is 1. The highest BCUT2D eigenvalue weighted by molar-refractivity contribution is 5.92. The van der Waals surface area contributed by atoms with E-state index in [4.69, 9.17) is 0 Å². The van der Waals surface area contributed by atoms with Gasteiger partial charge in [0, 0.05) is 24.5 Å². The molecule has 102 valence electrons. The summed E-state index contributed by atoms with van der Waals surface area (Å²) in [6, 6.07) is 11.7. The molecule has 3 aromatic heterocycles. The number of rotatable bonds is 4. The van der Waals surface area contributed by atoms with Crippen LogP contribution in [0.2, 0.25) is 0 Å². The minimum absolute atomic E-state index is 0.133. The van der Waals surface area contributed by atoms with Crippen LogP contribution >= 0.6 is 0 Å². The first kappa shape index (κ1) is 12.5. The first-order chi connectivity index (χ1) is 9.79. The first-order valence-electron chi connectivity index (χ1n) is 6.70. The number of hydrogen-bond acceptors (Lipinski definition) is 2. The van der Waals surface area contributed by atoms with Crippen LogP contribution in [0.5, 0.6) is 0 Å². The van der Waals surface area contributed by atoms with Gasteiger partial charge < -0.3 is 9.72 Å². The third-order valence-electron chi connectivity index (χ3n) is 3.13. The SMILES string of the molecule is CCCNC(=O)c1ccn(-c2ccc3ccccn23)n1. The summed E-state index contributed by atoms with van der Waals surface area (Å²) in [5.41, 5.74) is 1.53. The standard InChI is InChI=1S/C15H16N4O/c1-2-9-16-15(20)13-8-11-19(17-13)14-7-6-12-5-3-4-10-18(12)14/h3-8,10-11H,2,9H2,1H3,(H,16,20). The quantitative estimate of drug-likeness (QED) is 0.789. The van der Waals surface area contributed by atoms with Gasteiger partial charge in [-0.1, -0.05) is 13.0 Å². The molecule has 0 aliphatic carbocycles. The molecule has 3 rings (SSSR count). The van der Waals surface area contributed by atoms with E-state index >= 15 is 0 Å². The topological polar surface area (TPSA) is 51.3 Å². The van der Waals surface area contributed by atoms with E-state index in [1.807, 2.05) is 47.9 Å². The molecule has 1 N–H and O–H groups in total. The van der Waals surface area contributed by atoms with Crippen molar-refractivity contribution in [2.45, 2.75) is 13.3 Å². The van der Waals surface area contributed by atoms with Crippen molar-refractivity contribution < 1.29 is 4.79 Å². The van der Waals surface area contributed by atoms with Crippen LogP contribution in [0.4, 0.5) is 0 Å². The van der Waals surface area contributed by atoms with Gasteiger partial charge in [0.2, 0.25) is 0 Å². The predicted molar refractivity (Wildman–Crippen MR) is 77.1 cm³/mol. The molecule has 0 aliphatic rings. The summed E-state index contributed by atoms with van der Waals surface area (Å²) in [6.45, 7) is 2.69. The summed E-state index contributed by atoms with van der Waals surface area (Å²) < 4.78 is 3.74. The van der Waals surface area contributed by atoms with Gasteiger partial charge in [0.05, 0.1) is 0 Å². The lowest BCUT2D eigenvalue weighted by Crippen LogP contribution is -2.24. The van der Waals surface area contributed by atoms with Gasteiger partial charge >= 0.3 is 0 Å². The third kappa shape index (κ3) is 2.18. The van der Waals surface area contributed by atoms with Crippen LogP contribution in [0.3, 0.4) is 0 Å². The van der Waals surface area contributed by atoms with Crippen molar-refractivity contribution in [3.8, 4) is 5.82 Å². The molecular weight excluding hydrogens is 252 g/mol. The number of hydrogen-bond donors (Lipinski definition) is 1. The highest BCUT2D eigenvalue weighted by Crippen LogP contribution is 2.13. The van der Waals surface area contributed by atoms with Crippen LogP contribution in [0.1, 0.15) is 23.8 Å². The molecule has 0 bridgehead atoms. The molecule has 3 aromatic rings. The van der Waals surface area contributed by atoms with Crippen molar-refractivity contribution >= 4 is 11.4 Å². The zero-order valence-corrected chi connectivity index (χ0v) is 11.3. The van der Waals surface area contributed by atoms with E-state index in [9.17, 15) is 4.79 Å². The smallest absolute Gasteiger partial charge is 0.271 e. The zero-order chi connectivity index (χ0) is 13.9. The molecule has 1 amide bonds. The number of carbonyl (C=O) groups is 1. The minimum Gasteiger partial charge on any atom is -0.351 e. The molecular formula is C15H16N4O. The van der Waals surface area contributed by atoms with E-state index in [2.05, 4.69) is 10.4 Å². The zero-order valence-electron chi connectivity index (χ0n) is 11.3. The Kier molecular flexibility index (Phi) is 3.25. The predicted octanol–water partition coefficient (Wildman–Crippen LogP) is 2.26. The number of amides is 1. The molecule has 0 unspecified atom stereocenters. The Hall–Kier alpha value is -2.56. The lowest BCUT2D eigenvalue weighted by molar-refractivity contribution is 0.0948. The Labute approximate surface area is 116 Å². The van der Waals surface area contributed by atoms with Crippen LogP contribution in [0.25, 0.3) is 11.3 Å². The Morgan fingerprint density at radius 2 is 2.10 bits per heavy atom. The van der Waals surface area contributed by atoms with Gasteiger partial charge in [-0.25, -0.2) is 4.68 Å². The average molecular weight is 268 g/mol. The molecule has 3 heterocycles. The molecule has 0 aliphatic heterocycles. The van der Waals surface area contributed by atoms with Crippen LogP contribution in [0.15, 0.2) is 48.8 Å². The van der Waals surface area contributed by atoms with Crippen LogP contribution < -0.4 is 5.32 Å². The van der Waals surface area contributed by atoms with Gasteiger partial charge in [-0.2, -0.15) is 5.10 Å². The fourth-order valence-electron chi connectivity index (χ4n) is 2.13. The van der Waals surface area contributed by atoms with E-state index < -0.39 is 0 Å². The van der Waals surface area contributed by atoms with Crippen molar-refractivity contribution in [2.24, 2.45) is 0 Å². The number of nitrogens with one attached hydrogen (secondary N) is 1. The summed E-state index contributed by atoms with van der Waals surface area (Å²) in [7, 11) is 0. The first-order valence-corrected chi connectivity index (χ1v) is 6.70. The average Bonchev–Trinajstić information content (AvgIpc) is 3.10. The molecule has 5 nitrogen and oxygen atoms in total. The number of nitrogens with zero attached hydrogens (tertiary/aromatic N) is 3. The number of carbonyl (C=O) groups excluding carboxylic acids is 1. The van der Waals surface area contributed by atoms with Gasteiger partial charge in [-0.3, -0.25) is 4.79 Å². The Bertz CT molecular complexity index is 741. The molecule has 0 saturated carbocycles. The van der Waals surface area contributed by atoms with Crippen LogP contribution in [0, 0.1) is 0 Å². The van der Waals surface area contributed by atoms with Crippen molar-refractivity contribution in [1.82, 2.24) is 19.5 Å². The molecule has 0 spiro atoms. The van der Waals surface area contributed by atoms with E-state index in [-0.39, 0.29) is 5.91 Å². The Morgan fingerprint density at radius 1 is 1.20 bits per heavy atom. The van der Waals surface area contributed by atoms with Crippen LogP contribution in [-0.2, 0) is 0 Å². The van der Waals surface area contributed by atoms with E-state index in [0.717, 1.165) is 17.8 Å². The Morgan fingerprint density at radius 3 is 2.95 bits per heavy atom. The second-order valence-electron chi connectivity index (χ2n) is 4.59. The van der Waals surface area contributed by atoms with Crippen molar-refractivity contribution in [3.05, 3.63) is 54.5 Å². The van der Waals surface area contributed by atoms with Crippen molar-refractivity contribution in [2.75, 3.05) is 6.54 Å². The van der Waals surface area contributed by atoms with Gasteiger partial charge in [0.1, 0.15) is 5.82 Å². The highest BCUT2D eigenvalue weighted by Gasteiger charge is 2.10. The fourth-order valence-corrected chi connectivity index (χ4v) is 2.13. The maximum Gasteiger partial charge on any atom is 0.271 e. The van der Waals surface area contributed by atoms with Gasteiger partial charge in [-0.15, -0.1) is 0 Å². The molecule has 0 atom stereocenters. The Balaban J connectivity index is 1.92. The third-order valence-corrected chi connectivity index (χ3v) is 3.13.